The molecule has 1 atom stereocenters. The first-order chi connectivity index (χ1) is 13.4. The number of aryl methyl sites for hydroxylation is 2. The Balaban J connectivity index is 1.73. The number of rotatable bonds is 8. The summed E-state index contributed by atoms with van der Waals surface area (Å²) >= 11 is 0. The van der Waals surface area contributed by atoms with Gasteiger partial charge in [0.05, 0.1) is 6.54 Å². The maximum absolute atomic E-state index is 12.4. The molecule has 6 nitrogen and oxygen atoms in total. The van der Waals surface area contributed by atoms with Crippen LogP contribution in [-0.4, -0.2) is 60.5 Å². The number of carbonyl (C=O) groups is 2. The number of carbonyl (C=O) groups excluding carboxylic acids is 2. The zero-order chi connectivity index (χ0) is 20.5. The zero-order valence-corrected chi connectivity index (χ0v) is 17.9. The van der Waals surface area contributed by atoms with Crippen LogP contribution < -0.4 is 10.6 Å². The smallest absolute Gasteiger partial charge is 0.317 e. The Morgan fingerprint density at radius 3 is 2.32 bits per heavy atom. The van der Waals surface area contributed by atoms with Gasteiger partial charge in [0.25, 0.3) is 0 Å². The van der Waals surface area contributed by atoms with Crippen LogP contribution in [0.3, 0.4) is 0 Å². The van der Waals surface area contributed by atoms with Crippen LogP contribution in [0.1, 0.15) is 50.7 Å². The first-order valence-electron chi connectivity index (χ1n) is 10.5. The predicted octanol–water partition coefficient (Wildman–Crippen LogP) is 3.54. The number of unbranched alkanes of at least 4 members (excludes halogenated alkanes) is 2. The van der Waals surface area contributed by atoms with Crippen molar-refractivity contribution in [3.8, 4) is 0 Å². The quantitative estimate of drug-likeness (QED) is 0.670. The third kappa shape index (κ3) is 6.82. The van der Waals surface area contributed by atoms with Gasteiger partial charge >= 0.3 is 6.03 Å². The summed E-state index contributed by atoms with van der Waals surface area (Å²) in [6.45, 7) is 11.4. The largest absolute Gasteiger partial charge is 0.336 e. The van der Waals surface area contributed by atoms with E-state index in [0.29, 0.717) is 19.6 Å². The van der Waals surface area contributed by atoms with Crippen molar-refractivity contribution in [2.75, 3.05) is 38.0 Å². The van der Waals surface area contributed by atoms with Gasteiger partial charge in [0, 0.05) is 37.9 Å². The average molecular weight is 389 g/mol. The Morgan fingerprint density at radius 2 is 1.71 bits per heavy atom. The van der Waals surface area contributed by atoms with E-state index in [0.717, 1.165) is 42.7 Å². The standard InChI is InChI=1S/C22H36N4O2/c1-5-6-7-11-19(4)23-22(28)26-14-12-25(13-15-26)16-20(27)24-21-17(2)9-8-10-18(21)3/h8-10,19H,5-7,11-16H2,1-4H3,(H,23,28)(H,24,27). The van der Waals surface area contributed by atoms with Crippen molar-refractivity contribution in [3.05, 3.63) is 29.3 Å². The van der Waals surface area contributed by atoms with Gasteiger partial charge in [0.1, 0.15) is 0 Å². The van der Waals surface area contributed by atoms with E-state index >= 15 is 0 Å². The highest BCUT2D eigenvalue weighted by atomic mass is 16.2. The molecule has 3 amide bonds. The summed E-state index contributed by atoms with van der Waals surface area (Å²) in [6, 6.07) is 6.23. The molecule has 156 valence electrons. The van der Waals surface area contributed by atoms with Crippen molar-refractivity contribution in [1.29, 1.82) is 0 Å². The topological polar surface area (TPSA) is 64.7 Å². The molecular formula is C22H36N4O2. The molecule has 1 aromatic rings. The number of nitrogens with zero attached hydrogens (tertiary/aromatic N) is 2. The highest BCUT2D eigenvalue weighted by Gasteiger charge is 2.23. The lowest BCUT2D eigenvalue weighted by Crippen LogP contribution is -2.54. The van der Waals surface area contributed by atoms with E-state index < -0.39 is 0 Å². The van der Waals surface area contributed by atoms with Crippen LogP contribution in [0.4, 0.5) is 10.5 Å². The van der Waals surface area contributed by atoms with Crippen LogP contribution in [0.5, 0.6) is 0 Å². The summed E-state index contributed by atoms with van der Waals surface area (Å²) in [5.41, 5.74) is 3.05. The van der Waals surface area contributed by atoms with E-state index in [1.165, 1.54) is 12.8 Å². The van der Waals surface area contributed by atoms with E-state index in [4.69, 9.17) is 0 Å². The minimum atomic E-state index is -0.000141. The molecule has 1 unspecified atom stereocenters. The number of hydrogen-bond acceptors (Lipinski definition) is 3. The molecule has 1 aliphatic rings. The number of amides is 3. The number of hydrogen-bond donors (Lipinski definition) is 2. The van der Waals surface area contributed by atoms with Gasteiger partial charge < -0.3 is 15.5 Å². The molecule has 0 aliphatic carbocycles. The fourth-order valence-electron chi connectivity index (χ4n) is 3.58. The molecule has 0 radical (unpaired) electrons. The van der Waals surface area contributed by atoms with Gasteiger partial charge in [-0.3, -0.25) is 9.69 Å². The lowest BCUT2D eigenvalue weighted by molar-refractivity contribution is -0.117. The van der Waals surface area contributed by atoms with E-state index in [1.54, 1.807) is 0 Å². The normalized spacial score (nSPS) is 15.9. The molecule has 0 aromatic heterocycles. The highest BCUT2D eigenvalue weighted by molar-refractivity contribution is 5.93. The van der Waals surface area contributed by atoms with Gasteiger partial charge in [-0.25, -0.2) is 4.79 Å². The minimum Gasteiger partial charge on any atom is -0.336 e. The van der Waals surface area contributed by atoms with E-state index in [2.05, 4.69) is 29.4 Å². The summed E-state index contributed by atoms with van der Waals surface area (Å²) in [5, 5.41) is 6.14. The van der Waals surface area contributed by atoms with Crippen molar-refractivity contribution >= 4 is 17.6 Å². The number of urea groups is 1. The SMILES string of the molecule is CCCCCC(C)NC(=O)N1CCN(CC(=O)Nc2c(C)cccc2C)CC1. The first kappa shape index (κ1) is 22.2. The zero-order valence-electron chi connectivity index (χ0n) is 17.9. The molecule has 0 bridgehead atoms. The molecule has 1 aromatic carbocycles. The summed E-state index contributed by atoms with van der Waals surface area (Å²) in [7, 11) is 0. The maximum atomic E-state index is 12.4. The van der Waals surface area contributed by atoms with Gasteiger partial charge in [-0.2, -0.15) is 0 Å². The Morgan fingerprint density at radius 1 is 1.07 bits per heavy atom. The molecule has 1 fully saturated rings. The fraction of sp³-hybridized carbons (Fsp3) is 0.636. The third-order valence-electron chi connectivity index (χ3n) is 5.38. The summed E-state index contributed by atoms with van der Waals surface area (Å²) in [4.78, 5) is 28.8. The molecule has 1 saturated heterocycles. The molecule has 1 aliphatic heterocycles. The second-order valence-corrected chi connectivity index (χ2v) is 7.92. The number of benzene rings is 1. The molecule has 2 rings (SSSR count). The molecular weight excluding hydrogens is 352 g/mol. The van der Waals surface area contributed by atoms with Gasteiger partial charge in [-0.15, -0.1) is 0 Å². The number of anilines is 1. The lowest BCUT2D eigenvalue weighted by atomic mass is 10.1. The Kier molecular flexibility index (Phi) is 8.77. The second kappa shape index (κ2) is 11.1. The molecule has 6 heteroatoms. The van der Waals surface area contributed by atoms with Gasteiger partial charge in [0.15, 0.2) is 0 Å². The second-order valence-electron chi connectivity index (χ2n) is 7.92. The van der Waals surface area contributed by atoms with Crippen LogP contribution in [0.15, 0.2) is 18.2 Å². The van der Waals surface area contributed by atoms with E-state index in [-0.39, 0.29) is 18.0 Å². The van der Waals surface area contributed by atoms with Crippen LogP contribution in [0.25, 0.3) is 0 Å². The molecule has 0 saturated carbocycles. The third-order valence-corrected chi connectivity index (χ3v) is 5.38. The number of piperazine rings is 1. The molecule has 1 heterocycles. The summed E-state index contributed by atoms with van der Waals surface area (Å²) < 4.78 is 0. The summed E-state index contributed by atoms with van der Waals surface area (Å²) in [6.07, 6.45) is 4.59. The van der Waals surface area contributed by atoms with E-state index in [9.17, 15) is 9.59 Å². The first-order valence-corrected chi connectivity index (χ1v) is 10.5. The van der Waals surface area contributed by atoms with Crippen molar-refractivity contribution in [2.24, 2.45) is 0 Å². The summed E-state index contributed by atoms with van der Waals surface area (Å²) in [5.74, 6) is -0.000141. The highest BCUT2D eigenvalue weighted by Crippen LogP contribution is 2.19. The Labute approximate surface area is 169 Å². The van der Waals surface area contributed by atoms with Gasteiger partial charge in [-0.1, -0.05) is 44.4 Å². The van der Waals surface area contributed by atoms with Crippen LogP contribution in [-0.2, 0) is 4.79 Å². The monoisotopic (exact) mass is 388 g/mol. The van der Waals surface area contributed by atoms with Gasteiger partial charge in [-0.05, 0) is 38.3 Å². The molecule has 0 spiro atoms. The minimum absolute atomic E-state index is 0.000141. The predicted molar refractivity (Wildman–Crippen MR) is 115 cm³/mol. The fourth-order valence-corrected chi connectivity index (χ4v) is 3.58. The molecule has 2 N–H and O–H groups in total. The van der Waals surface area contributed by atoms with Crippen molar-refractivity contribution < 1.29 is 9.59 Å². The van der Waals surface area contributed by atoms with Crippen molar-refractivity contribution in [3.63, 3.8) is 0 Å². The lowest BCUT2D eigenvalue weighted by Gasteiger charge is -2.35. The van der Waals surface area contributed by atoms with Crippen LogP contribution in [0.2, 0.25) is 0 Å². The average Bonchev–Trinajstić information content (AvgIpc) is 2.65. The van der Waals surface area contributed by atoms with Crippen molar-refractivity contribution in [2.45, 2.75) is 59.4 Å². The van der Waals surface area contributed by atoms with Gasteiger partial charge in [0.2, 0.25) is 5.91 Å². The van der Waals surface area contributed by atoms with Crippen LogP contribution in [0, 0.1) is 13.8 Å². The van der Waals surface area contributed by atoms with Crippen molar-refractivity contribution in [1.82, 2.24) is 15.1 Å². The molecule has 28 heavy (non-hydrogen) atoms. The number of nitrogens with one attached hydrogen (secondary N) is 2. The Bertz CT molecular complexity index is 634. The number of para-hydroxylation sites is 1. The van der Waals surface area contributed by atoms with E-state index in [1.807, 2.05) is 36.9 Å². The van der Waals surface area contributed by atoms with Crippen LogP contribution >= 0.6 is 0 Å². The Hall–Kier alpha value is -2.08. The maximum Gasteiger partial charge on any atom is 0.317 e.